The molecule has 1 unspecified atom stereocenters. The molecule has 0 fully saturated rings. The van der Waals surface area contributed by atoms with Gasteiger partial charge in [0.25, 0.3) is 0 Å². The molecule has 0 spiro atoms. The molecule has 0 aliphatic carbocycles. The monoisotopic (exact) mass is 442 g/mol. The van der Waals surface area contributed by atoms with Gasteiger partial charge >= 0.3 is 5.97 Å². The third-order valence-electron chi connectivity index (χ3n) is 4.62. The van der Waals surface area contributed by atoms with E-state index in [4.69, 9.17) is 4.74 Å². The molecule has 3 aromatic rings. The van der Waals surface area contributed by atoms with Gasteiger partial charge in [-0.1, -0.05) is 12.1 Å². The van der Waals surface area contributed by atoms with Gasteiger partial charge in [-0.3, -0.25) is 4.99 Å². The first-order valence-electron chi connectivity index (χ1n) is 10.6. The van der Waals surface area contributed by atoms with Gasteiger partial charge in [-0.25, -0.2) is 14.8 Å². The van der Waals surface area contributed by atoms with Crippen molar-refractivity contribution in [3.05, 3.63) is 45.7 Å². The number of guanidine groups is 1. The van der Waals surface area contributed by atoms with Crippen LogP contribution >= 0.6 is 11.3 Å². The normalized spacial score (nSPS) is 12.7. The van der Waals surface area contributed by atoms with Crippen LogP contribution in [0.3, 0.4) is 0 Å². The second-order valence-corrected chi connectivity index (χ2v) is 8.15. The number of hydrogen-bond donors (Lipinski definition) is 3. The molecule has 1 atom stereocenters. The first kappa shape index (κ1) is 22.7. The van der Waals surface area contributed by atoms with Crippen LogP contribution in [0, 0.1) is 6.92 Å². The van der Waals surface area contributed by atoms with E-state index in [1.807, 2.05) is 45.0 Å². The lowest BCUT2D eigenvalue weighted by Gasteiger charge is -2.16. The highest BCUT2D eigenvalue weighted by Crippen LogP contribution is 2.24. The summed E-state index contributed by atoms with van der Waals surface area (Å²) in [5.41, 5.74) is 2.75. The Labute approximate surface area is 186 Å². The van der Waals surface area contributed by atoms with Crippen molar-refractivity contribution in [3.63, 3.8) is 0 Å². The molecule has 0 radical (unpaired) electrons. The molecule has 31 heavy (non-hydrogen) atoms. The van der Waals surface area contributed by atoms with Crippen LogP contribution in [-0.2, 0) is 11.2 Å². The lowest BCUT2D eigenvalue weighted by Crippen LogP contribution is -2.38. The number of nitrogens with one attached hydrogen (secondary N) is 3. The van der Waals surface area contributed by atoms with E-state index in [1.165, 1.54) is 11.3 Å². The van der Waals surface area contributed by atoms with Crippen LogP contribution in [0.15, 0.2) is 29.3 Å². The van der Waals surface area contributed by atoms with E-state index in [0.717, 1.165) is 47.2 Å². The molecule has 9 heteroatoms. The zero-order valence-corrected chi connectivity index (χ0v) is 19.3. The molecule has 3 N–H and O–H groups in total. The number of carbonyl (C=O) groups is 1. The summed E-state index contributed by atoms with van der Waals surface area (Å²) in [4.78, 5) is 29.8. The summed E-state index contributed by atoms with van der Waals surface area (Å²) < 4.78 is 5.11. The first-order chi connectivity index (χ1) is 15.0. The maximum Gasteiger partial charge on any atom is 0.350 e. The van der Waals surface area contributed by atoms with Crippen LogP contribution in [-0.4, -0.2) is 46.6 Å². The van der Waals surface area contributed by atoms with Crippen LogP contribution in [0.2, 0.25) is 0 Å². The van der Waals surface area contributed by atoms with E-state index in [2.05, 4.69) is 30.6 Å². The zero-order chi connectivity index (χ0) is 22.2. The summed E-state index contributed by atoms with van der Waals surface area (Å²) in [7, 11) is 0. The van der Waals surface area contributed by atoms with Crippen LogP contribution in [0.5, 0.6) is 0 Å². The minimum Gasteiger partial charge on any atom is -0.462 e. The Kier molecular flexibility index (Phi) is 8.00. The van der Waals surface area contributed by atoms with E-state index in [9.17, 15) is 4.79 Å². The van der Waals surface area contributed by atoms with E-state index in [-0.39, 0.29) is 12.0 Å². The third kappa shape index (κ3) is 6.04. The average molecular weight is 443 g/mol. The molecule has 0 amide bonds. The zero-order valence-electron chi connectivity index (χ0n) is 18.5. The lowest BCUT2D eigenvalue weighted by atomic mass is 10.3. The number of rotatable bonds is 9. The van der Waals surface area contributed by atoms with Crippen LogP contribution in [0.4, 0.5) is 0 Å². The van der Waals surface area contributed by atoms with Gasteiger partial charge < -0.3 is 20.4 Å². The molecular formula is C22H30N6O2S. The van der Waals surface area contributed by atoms with Gasteiger partial charge in [0, 0.05) is 19.5 Å². The van der Waals surface area contributed by atoms with Crippen molar-refractivity contribution in [1.29, 1.82) is 0 Å². The molecular weight excluding hydrogens is 412 g/mol. The summed E-state index contributed by atoms with van der Waals surface area (Å²) in [6.07, 6.45) is 1.72. The molecule has 2 aromatic heterocycles. The van der Waals surface area contributed by atoms with Crippen molar-refractivity contribution >= 4 is 34.3 Å². The number of aromatic nitrogens is 3. The quantitative estimate of drug-likeness (QED) is 0.202. The highest BCUT2D eigenvalue weighted by atomic mass is 32.1. The Morgan fingerprint density at radius 3 is 2.84 bits per heavy atom. The molecule has 0 aliphatic heterocycles. The van der Waals surface area contributed by atoms with E-state index >= 15 is 0 Å². The minimum atomic E-state index is -0.317. The predicted octanol–water partition coefficient (Wildman–Crippen LogP) is 3.75. The van der Waals surface area contributed by atoms with E-state index < -0.39 is 0 Å². The second-order valence-electron chi connectivity index (χ2n) is 7.12. The molecule has 3 rings (SSSR count). The van der Waals surface area contributed by atoms with Crippen molar-refractivity contribution in [3.8, 4) is 0 Å². The van der Waals surface area contributed by atoms with Gasteiger partial charge in [0.1, 0.15) is 15.7 Å². The van der Waals surface area contributed by atoms with Crippen molar-refractivity contribution in [2.24, 2.45) is 4.99 Å². The Hall–Kier alpha value is -2.94. The van der Waals surface area contributed by atoms with Gasteiger partial charge in [-0.05, 0) is 46.2 Å². The Morgan fingerprint density at radius 1 is 1.29 bits per heavy atom. The minimum absolute atomic E-state index is 0.0833. The molecule has 2 heterocycles. The van der Waals surface area contributed by atoms with Crippen LogP contribution < -0.4 is 10.6 Å². The molecule has 0 aliphatic rings. The number of thiazole rings is 1. The highest BCUT2D eigenvalue weighted by Gasteiger charge is 2.20. The topological polar surface area (TPSA) is 104 Å². The Balaban J connectivity index is 1.57. The summed E-state index contributed by atoms with van der Waals surface area (Å²) in [6.45, 7) is 9.45. The van der Waals surface area contributed by atoms with Gasteiger partial charge in [0.05, 0.1) is 29.4 Å². The molecule has 0 saturated carbocycles. The van der Waals surface area contributed by atoms with Crippen molar-refractivity contribution in [2.75, 3.05) is 19.7 Å². The van der Waals surface area contributed by atoms with Crippen LogP contribution in [0.25, 0.3) is 11.0 Å². The largest absolute Gasteiger partial charge is 0.462 e. The van der Waals surface area contributed by atoms with Gasteiger partial charge in [0.2, 0.25) is 0 Å². The summed E-state index contributed by atoms with van der Waals surface area (Å²) in [6, 6.07) is 7.96. The fourth-order valence-electron chi connectivity index (χ4n) is 3.14. The molecule has 8 nitrogen and oxygen atoms in total. The number of H-pyrrole nitrogens is 1. The average Bonchev–Trinajstić information content (AvgIpc) is 3.34. The molecule has 1 aromatic carbocycles. The van der Waals surface area contributed by atoms with E-state index in [1.54, 1.807) is 6.92 Å². The number of para-hydroxylation sites is 2. The van der Waals surface area contributed by atoms with Crippen LogP contribution in [0.1, 0.15) is 59.4 Å². The number of aromatic amines is 1. The Morgan fingerprint density at radius 2 is 2.10 bits per heavy atom. The fourth-order valence-corrected chi connectivity index (χ4v) is 4.10. The molecule has 0 bridgehead atoms. The fraction of sp³-hybridized carbons (Fsp3) is 0.455. The molecule has 0 saturated heterocycles. The number of aryl methyl sites for hydroxylation is 2. The van der Waals surface area contributed by atoms with Gasteiger partial charge in [0.15, 0.2) is 5.96 Å². The number of fused-ring (bicyclic) bond motifs is 1. The maximum absolute atomic E-state index is 12.1. The highest BCUT2D eigenvalue weighted by molar-refractivity contribution is 7.13. The SMILES string of the molecule is CCNC(=NCCCc1nc2ccccc2[nH]1)NC(C)c1nc(C)c(C(=O)OCC)s1. The maximum atomic E-state index is 12.1. The number of aliphatic imine (C=N–C) groups is 1. The van der Waals surface area contributed by atoms with Gasteiger partial charge in [-0.2, -0.15) is 0 Å². The summed E-state index contributed by atoms with van der Waals surface area (Å²) >= 11 is 1.36. The summed E-state index contributed by atoms with van der Waals surface area (Å²) in [5, 5.41) is 7.47. The molecule has 166 valence electrons. The van der Waals surface area contributed by atoms with Gasteiger partial charge in [-0.15, -0.1) is 11.3 Å². The number of esters is 1. The first-order valence-corrected chi connectivity index (χ1v) is 11.5. The van der Waals surface area contributed by atoms with Crippen molar-refractivity contribution in [2.45, 2.75) is 46.6 Å². The summed E-state index contributed by atoms with van der Waals surface area (Å²) in [5.74, 6) is 1.39. The number of nitrogens with zero attached hydrogens (tertiary/aromatic N) is 3. The van der Waals surface area contributed by atoms with Crippen molar-refractivity contribution in [1.82, 2.24) is 25.6 Å². The van der Waals surface area contributed by atoms with E-state index in [0.29, 0.717) is 23.7 Å². The number of benzene rings is 1. The number of ether oxygens (including phenoxy) is 1. The third-order valence-corrected chi connectivity index (χ3v) is 5.94. The lowest BCUT2D eigenvalue weighted by molar-refractivity contribution is 0.0531. The Bertz CT molecular complexity index is 1010. The number of imidazole rings is 1. The smallest absolute Gasteiger partial charge is 0.350 e. The number of carbonyl (C=O) groups excluding carboxylic acids is 1. The van der Waals surface area contributed by atoms with Crippen molar-refractivity contribution < 1.29 is 9.53 Å². The standard InChI is InChI=1S/C22H30N6O2S/c1-5-23-22(24-13-9-12-18-27-16-10-7-8-11-17(16)28-18)26-15(4)20-25-14(3)19(31-20)21(29)30-6-2/h7-8,10-11,15H,5-6,9,12-13H2,1-4H3,(H,27,28)(H2,23,24,26). The number of hydrogen-bond acceptors (Lipinski definition) is 6. The predicted molar refractivity (Wildman–Crippen MR) is 125 cm³/mol. The second kappa shape index (κ2) is 10.9.